The van der Waals surface area contributed by atoms with Crippen LogP contribution >= 0.6 is 15.9 Å². The molecule has 0 fully saturated rings. The number of aliphatic hydroxyl groups is 1. The van der Waals surface area contributed by atoms with E-state index in [4.69, 9.17) is 5.11 Å². The zero-order valence-corrected chi connectivity index (χ0v) is 8.87. The number of rotatable bonds is 3. The average molecular weight is 233 g/mol. The highest BCUT2D eigenvalue weighted by molar-refractivity contribution is 9.10. The highest BCUT2D eigenvalue weighted by Crippen LogP contribution is 2.20. The molecule has 1 aromatic heterocycles. The van der Waals surface area contributed by atoms with Crippen LogP contribution in [0.4, 0.5) is 0 Å². The van der Waals surface area contributed by atoms with Gasteiger partial charge >= 0.3 is 0 Å². The number of nitrogens with zero attached hydrogens (tertiary/aromatic N) is 2. The summed E-state index contributed by atoms with van der Waals surface area (Å²) in [4.78, 5) is 0. The van der Waals surface area contributed by atoms with Crippen LogP contribution in [-0.2, 0) is 6.61 Å². The minimum absolute atomic E-state index is 0.0327. The lowest BCUT2D eigenvalue weighted by atomic mass is 10.2. The van der Waals surface area contributed by atoms with Gasteiger partial charge in [0, 0.05) is 6.04 Å². The number of halogens is 1. The van der Waals surface area contributed by atoms with Crippen molar-refractivity contribution in [2.45, 2.75) is 32.9 Å². The normalized spacial score (nSPS) is 13.3. The molecule has 1 rings (SSSR count). The van der Waals surface area contributed by atoms with Crippen molar-refractivity contribution in [2.75, 3.05) is 0 Å². The van der Waals surface area contributed by atoms with E-state index in [0.717, 1.165) is 16.6 Å². The molecule has 0 aromatic carbocycles. The van der Waals surface area contributed by atoms with Gasteiger partial charge in [-0.25, -0.2) is 0 Å². The summed E-state index contributed by atoms with van der Waals surface area (Å²) in [6.45, 7) is 4.21. The first kappa shape index (κ1) is 9.74. The Balaban J connectivity index is 2.98. The van der Waals surface area contributed by atoms with Gasteiger partial charge in [-0.15, -0.1) is 0 Å². The van der Waals surface area contributed by atoms with Crippen LogP contribution in [0.25, 0.3) is 0 Å². The predicted molar refractivity (Wildman–Crippen MR) is 50.9 cm³/mol. The van der Waals surface area contributed by atoms with Crippen LogP contribution < -0.4 is 0 Å². The molecular formula is C8H13BrN2O. The first-order chi connectivity index (χ1) is 5.70. The molecule has 1 aromatic rings. The lowest BCUT2D eigenvalue weighted by molar-refractivity contribution is 0.261. The number of hydrogen-bond donors (Lipinski definition) is 1. The SMILES string of the molecule is CCC(C)n1ncc(Br)c1CO. The van der Waals surface area contributed by atoms with Crippen molar-refractivity contribution >= 4 is 15.9 Å². The first-order valence-corrected chi connectivity index (χ1v) is 4.82. The molecule has 0 amide bonds. The first-order valence-electron chi connectivity index (χ1n) is 4.03. The van der Waals surface area contributed by atoms with Crippen molar-refractivity contribution in [1.82, 2.24) is 9.78 Å². The van der Waals surface area contributed by atoms with Crippen LogP contribution in [0.3, 0.4) is 0 Å². The number of aromatic nitrogens is 2. The fourth-order valence-corrected chi connectivity index (χ4v) is 1.47. The molecule has 68 valence electrons. The van der Waals surface area contributed by atoms with Crippen LogP contribution in [0, 0.1) is 0 Å². The van der Waals surface area contributed by atoms with Crippen molar-refractivity contribution in [3.63, 3.8) is 0 Å². The van der Waals surface area contributed by atoms with E-state index >= 15 is 0 Å². The molecule has 4 heteroatoms. The maximum atomic E-state index is 9.04. The van der Waals surface area contributed by atoms with Gasteiger partial charge in [-0.2, -0.15) is 5.10 Å². The zero-order chi connectivity index (χ0) is 9.14. The van der Waals surface area contributed by atoms with Crippen molar-refractivity contribution in [1.29, 1.82) is 0 Å². The third kappa shape index (κ3) is 1.69. The minimum atomic E-state index is 0.0327. The largest absolute Gasteiger partial charge is 0.390 e. The average Bonchev–Trinajstić information content (AvgIpc) is 2.45. The molecule has 1 unspecified atom stereocenters. The third-order valence-electron chi connectivity index (χ3n) is 2.01. The molecule has 0 saturated heterocycles. The van der Waals surface area contributed by atoms with E-state index in [1.54, 1.807) is 6.20 Å². The molecule has 1 atom stereocenters. The third-order valence-corrected chi connectivity index (χ3v) is 2.67. The van der Waals surface area contributed by atoms with Crippen LogP contribution in [0.15, 0.2) is 10.7 Å². The van der Waals surface area contributed by atoms with E-state index < -0.39 is 0 Å². The van der Waals surface area contributed by atoms with Crippen molar-refractivity contribution in [3.05, 3.63) is 16.4 Å². The summed E-state index contributed by atoms with van der Waals surface area (Å²) in [6.07, 6.45) is 2.73. The summed E-state index contributed by atoms with van der Waals surface area (Å²) in [5.74, 6) is 0. The van der Waals surface area contributed by atoms with Gasteiger partial charge in [0.15, 0.2) is 0 Å². The summed E-state index contributed by atoms with van der Waals surface area (Å²) >= 11 is 3.33. The quantitative estimate of drug-likeness (QED) is 0.868. The highest BCUT2D eigenvalue weighted by Gasteiger charge is 2.11. The van der Waals surface area contributed by atoms with Crippen LogP contribution in [0.2, 0.25) is 0 Å². The predicted octanol–water partition coefficient (Wildman–Crippen LogP) is 2.11. The molecule has 1 heterocycles. The van der Waals surface area contributed by atoms with Gasteiger partial charge in [0.2, 0.25) is 0 Å². The second kappa shape index (κ2) is 4.05. The summed E-state index contributed by atoms with van der Waals surface area (Å²) in [5.41, 5.74) is 0.851. The Morgan fingerprint density at radius 3 is 2.92 bits per heavy atom. The maximum absolute atomic E-state index is 9.04. The van der Waals surface area contributed by atoms with Gasteiger partial charge in [-0.1, -0.05) is 6.92 Å². The highest BCUT2D eigenvalue weighted by atomic mass is 79.9. The standard InChI is InChI=1S/C8H13BrN2O/c1-3-6(2)11-8(5-12)7(9)4-10-11/h4,6,12H,3,5H2,1-2H3. The topological polar surface area (TPSA) is 38.0 Å². The molecule has 3 nitrogen and oxygen atoms in total. The number of aliphatic hydroxyl groups excluding tert-OH is 1. The van der Waals surface area contributed by atoms with E-state index in [1.807, 2.05) is 4.68 Å². The fourth-order valence-electron chi connectivity index (χ4n) is 1.07. The Bertz CT molecular complexity index is 260. The Labute approximate surface area is 80.5 Å². The molecular weight excluding hydrogens is 220 g/mol. The molecule has 0 aliphatic heterocycles. The van der Waals surface area contributed by atoms with Crippen molar-refractivity contribution in [3.8, 4) is 0 Å². The molecule has 0 spiro atoms. The second-order valence-corrected chi connectivity index (χ2v) is 3.65. The summed E-state index contributed by atoms with van der Waals surface area (Å²) in [5, 5.41) is 13.2. The van der Waals surface area contributed by atoms with Gasteiger partial charge in [0.25, 0.3) is 0 Å². The van der Waals surface area contributed by atoms with Gasteiger partial charge in [0.1, 0.15) is 0 Å². The summed E-state index contributed by atoms with van der Waals surface area (Å²) in [6, 6.07) is 0.346. The number of hydrogen-bond acceptors (Lipinski definition) is 2. The zero-order valence-electron chi connectivity index (χ0n) is 7.29. The molecule has 0 aliphatic rings. The van der Waals surface area contributed by atoms with E-state index in [1.165, 1.54) is 0 Å². The molecule has 0 radical (unpaired) electrons. The Kier molecular flexibility index (Phi) is 3.29. The van der Waals surface area contributed by atoms with Crippen LogP contribution in [-0.4, -0.2) is 14.9 Å². The molecule has 12 heavy (non-hydrogen) atoms. The van der Waals surface area contributed by atoms with E-state index in [-0.39, 0.29) is 6.61 Å². The van der Waals surface area contributed by atoms with Crippen molar-refractivity contribution in [2.24, 2.45) is 0 Å². The second-order valence-electron chi connectivity index (χ2n) is 2.80. The summed E-state index contributed by atoms with van der Waals surface area (Å²) < 4.78 is 2.73. The lowest BCUT2D eigenvalue weighted by Gasteiger charge is -2.12. The maximum Gasteiger partial charge on any atom is 0.0861 e. The Morgan fingerprint density at radius 1 is 1.75 bits per heavy atom. The van der Waals surface area contributed by atoms with Gasteiger partial charge in [-0.3, -0.25) is 4.68 Å². The van der Waals surface area contributed by atoms with Crippen LogP contribution in [0.1, 0.15) is 32.0 Å². The fraction of sp³-hybridized carbons (Fsp3) is 0.625. The molecule has 0 bridgehead atoms. The molecule has 1 N–H and O–H groups in total. The van der Waals surface area contributed by atoms with Gasteiger partial charge in [-0.05, 0) is 29.3 Å². The monoisotopic (exact) mass is 232 g/mol. The van der Waals surface area contributed by atoms with Crippen molar-refractivity contribution < 1.29 is 5.11 Å². The lowest BCUT2D eigenvalue weighted by Crippen LogP contribution is -2.09. The van der Waals surface area contributed by atoms with E-state index in [2.05, 4.69) is 34.9 Å². The van der Waals surface area contributed by atoms with E-state index in [9.17, 15) is 0 Å². The molecule has 0 aliphatic carbocycles. The van der Waals surface area contributed by atoms with E-state index in [0.29, 0.717) is 6.04 Å². The summed E-state index contributed by atoms with van der Waals surface area (Å²) in [7, 11) is 0. The van der Waals surface area contributed by atoms with Gasteiger partial charge in [0.05, 0.1) is 23.0 Å². The Morgan fingerprint density at radius 2 is 2.42 bits per heavy atom. The molecule has 0 saturated carbocycles. The van der Waals surface area contributed by atoms with Gasteiger partial charge < -0.3 is 5.11 Å². The Hall–Kier alpha value is -0.350. The minimum Gasteiger partial charge on any atom is -0.390 e. The smallest absolute Gasteiger partial charge is 0.0861 e. The van der Waals surface area contributed by atoms with Crippen LogP contribution in [0.5, 0.6) is 0 Å².